The van der Waals surface area contributed by atoms with Crippen LogP contribution in [0.4, 0.5) is 9.59 Å². The van der Waals surface area contributed by atoms with E-state index in [9.17, 15) is 28.2 Å². The maximum absolute atomic E-state index is 14.5. The zero-order valence-corrected chi connectivity index (χ0v) is 29.9. The van der Waals surface area contributed by atoms with Gasteiger partial charge in [0.2, 0.25) is 16.8 Å². The molecule has 3 fully saturated rings. The molecule has 0 spiro atoms. The summed E-state index contributed by atoms with van der Waals surface area (Å²) in [5.41, 5.74) is 0.181. The molecule has 51 heavy (non-hydrogen) atoms. The van der Waals surface area contributed by atoms with Crippen molar-refractivity contribution in [1.29, 1.82) is 0 Å². The molecule has 15 heteroatoms. The topological polar surface area (TPSA) is 176 Å². The van der Waals surface area contributed by atoms with E-state index in [1.165, 1.54) is 22.5 Å². The van der Waals surface area contributed by atoms with Gasteiger partial charge in [0.05, 0.1) is 42.9 Å². The number of fused-ring (bicyclic) bond motifs is 2. The van der Waals surface area contributed by atoms with Crippen molar-refractivity contribution in [2.75, 3.05) is 39.7 Å². The van der Waals surface area contributed by atoms with Gasteiger partial charge in [-0.1, -0.05) is 44.2 Å². The van der Waals surface area contributed by atoms with E-state index in [0.717, 1.165) is 23.3 Å². The molecule has 0 bridgehead atoms. The van der Waals surface area contributed by atoms with Gasteiger partial charge < -0.3 is 48.9 Å². The van der Waals surface area contributed by atoms with Crippen molar-refractivity contribution in [2.45, 2.75) is 94.2 Å². The van der Waals surface area contributed by atoms with Gasteiger partial charge in [-0.05, 0) is 68.1 Å². The largest absolute Gasteiger partial charge is 0.530 e. The molecule has 1 aliphatic carbocycles. The van der Waals surface area contributed by atoms with Crippen molar-refractivity contribution in [3.63, 3.8) is 0 Å². The van der Waals surface area contributed by atoms with Gasteiger partial charge in [0.25, 0.3) is 0 Å². The highest BCUT2D eigenvalue weighted by atomic mass is 32.2. The number of benzene rings is 2. The number of ether oxygens (including phenoxy) is 5. The lowest BCUT2D eigenvalue weighted by Gasteiger charge is -2.43. The molecule has 2 aromatic rings. The predicted molar refractivity (Wildman–Crippen MR) is 181 cm³/mol. The Bertz CT molecular complexity index is 1620. The number of rotatable bonds is 17. The molecule has 3 aliphatic heterocycles. The Labute approximate surface area is 299 Å². The van der Waals surface area contributed by atoms with Gasteiger partial charge >= 0.3 is 6.09 Å². The number of hydrogen-bond acceptors (Lipinski definition) is 11. The maximum atomic E-state index is 14.5. The minimum Gasteiger partial charge on any atom is -0.530 e. The summed E-state index contributed by atoms with van der Waals surface area (Å²) in [7, 11) is -4.25. The van der Waals surface area contributed by atoms with Crippen LogP contribution in [0.1, 0.15) is 57.9 Å². The van der Waals surface area contributed by atoms with E-state index in [0.29, 0.717) is 43.8 Å². The van der Waals surface area contributed by atoms with Crippen LogP contribution < -0.4 is 19.9 Å². The van der Waals surface area contributed by atoms with Crippen LogP contribution >= 0.6 is 0 Å². The average molecular weight is 731 g/mol. The monoisotopic (exact) mass is 730 g/mol. The van der Waals surface area contributed by atoms with Gasteiger partial charge in [0.1, 0.15) is 6.09 Å². The maximum Gasteiger partial charge on any atom is 0.407 e. The standard InChI is InChI=1S/C36H49N3O11S/c1-36(2,15-6-7-16-47-34(41)37-25-10-11-25)22-38(51(44,45)26-12-13-31-32(19-26)50-23-49-31)20-30(40)28(18-24-8-4-3-5-9-24)39(35(42)43)29-21-48-33-27(29)14-17-46-33/h3-5,8-9,12-13,19,25,27-30,33,40H,6-7,10-11,14-18,20-23H2,1-2H3,(H,37,41)(H,42,43)/p-1/t27-,28-,29-,30+,33+/m0/s1. The Morgan fingerprint density at radius 2 is 1.82 bits per heavy atom. The number of unbranched alkanes of at least 4 members (excludes halogenated alkanes) is 1. The van der Waals surface area contributed by atoms with Crippen molar-refractivity contribution in [2.24, 2.45) is 11.3 Å². The van der Waals surface area contributed by atoms with Gasteiger partial charge in [0.15, 0.2) is 17.8 Å². The van der Waals surface area contributed by atoms with Gasteiger partial charge in [-0.2, -0.15) is 4.31 Å². The molecule has 5 atom stereocenters. The summed E-state index contributed by atoms with van der Waals surface area (Å²) in [4.78, 5) is 25.9. The van der Waals surface area contributed by atoms with Crippen LogP contribution in [0.5, 0.6) is 11.5 Å². The third-order valence-corrected chi connectivity index (χ3v) is 11.8. The third kappa shape index (κ3) is 9.24. The summed E-state index contributed by atoms with van der Waals surface area (Å²) in [5, 5.41) is 27.8. The molecule has 6 rings (SSSR count). The SMILES string of the molecule is CC(C)(CCCCOC(=O)NC1CC1)CN(C[C@@H](O)[C@H](Cc1ccccc1)N(C(=O)[O-])[C@H]1CO[C@H]2OCC[C@H]21)S(=O)(=O)c1ccc2c(c1)OCO2. The number of carbonyl (C=O) groups is 2. The second kappa shape index (κ2) is 15.9. The van der Waals surface area contributed by atoms with Crippen molar-refractivity contribution >= 4 is 22.2 Å². The highest BCUT2D eigenvalue weighted by Crippen LogP contribution is 2.38. The number of aliphatic hydroxyl groups excluding tert-OH is 1. The van der Waals surface area contributed by atoms with E-state index in [1.807, 2.05) is 44.2 Å². The van der Waals surface area contributed by atoms with E-state index in [4.69, 9.17) is 23.7 Å². The van der Waals surface area contributed by atoms with Gasteiger partial charge in [-0.15, -0.1) is 0 Å². The summed E-state index contributed by atoms with van der Waals surface area (Å²) in [6.45, 7) is 4.19. The lowest BCUT2D eigenvalue weighted by molar-refractivity contribution is -0.273. The Morgan fingerprint density at radius 1 is 1.06 bits per heavy atom. The fraction of sp³-hybridized carbons (Fsp3) is 0.611. The number of carboxylic acid groups (broad SMARTS) is 1. The normalized spacial score (nSPS) is 22.4. The van der Waals surface area contributed by atoms with E-state index in [2.05, 4.69) is 5.32 Å². The molecular formula is C36H48N3O11S-. The van der Waals surface area contributed by atoms with Crippen LogP contribution in [0, 0.1) is 11.3 Å². The number of hydrogen-bond donors (Lipinski definition) is 2. The van der Waals surface area contributed by atoms with E-state index >= 15 is 0 Å². The minimum atomic E-state index is -4.25. The van der Waals surface area contributed by atoms with Gasteiger partial charge in [0, 0.05) is 31.1 Å². The average Bonchev–Trinajstić information content (AvgIpc) is 3.43. The number of aliphatic hydroxyl groups is 1. The fourth-order valence-corrected chi connectivity index (χ4v) is 8.81. The smallest absolute Gasteiger partial charge is 0.407 e. The first-order valence-corrected chi connectivity index (χ1v) is 19.1. The third-order valence-electron chi connectivity index (χ3n) is 10.0. The van der Waals surface area contributed by atoms with Gasteiger partial charge in [-0.3, -0.25) is 0 Å². The first-order chi connectivity index (χ1) is 24.4. The van der Waals surface area contributed by atoms with E-state index in [1.54, 1.807) is 0 Å². The van der Waals surface area contributed by atoms with Crippen LogP contribution in [-0.4, -0.2) is 105 Å². The van der Waals surface area contributed by atoms with E-state index in [-0.39, 0.29) is 49.8 Å². The summed E-state index contributed by atoms with van der Waals surface area (Å²) in [5.74, 6) is 0.472. The summed E-state index contributed by atoms with van der Waals surface area (Å²) in [6, 6.07) is 12.0. The van der Waals surface area contributed by atoms with Crippen molar-refractivity contribution in [1.82, 2.24) is 14.5 Å². The molecule has 14 nitrogen and oxygen atoms in total. The zero-order valence-electron chi connectivity index (χ0n) is 29.1. The highest BCUT2D eigenvalue weighted by molar-refractivity contribution is 7.89. The number of carbonyl (C=O) groups excluding carboxylic acids is 2. The number of nitrogens with one attached hydrogen (secondary N) is 1. The minimum absolute atomic E-state index is 0.0122. The molecule has 0 aromatic heterocycles. The Morgan fingerprint density at radius 3 is 2.57 bits per heavy atom. The van der Waals surface area contributed by atoms with Gasteiger partial charge in [-0.25, -0.2) is 13.2 Å². The van der Waals surface area contributed by atoms with Crippen molar-refractivity contribution in [3.8, 4) is 11.5 Å². The summed E-state index contributed by atoms with van der Waals surface area (Å²) in [6.07, 6.45) is 0.556. The summed E-state index contributed by atoms with van der Waals surface area (Å²) < 4.78 is 57.7. The van der Waals surface area contributed by atoms with Crippen molar-refractivity contribution < 1.29 is 51.9 Å². The molecule has 2 saturated heterocycles. The lowest BCUT2D eigenvalue weighted by atomic mass is 9.87. The van der Waals surface area contributed by atoms with Crippen LogP contribution in [0.2, 0.25) is 0 Å². The number of sulfonamides is 1. The fourth-order valence-electron chi connectivity index (χ4n) is 7.15. The lowest BCUT2D eigenvalue weighted by Crippen LogP contribution is -2.61. The van der Waals surface area contributed by atoms with Crippen LogP contribution in [-0.2, 0) is 30.7 Å². The van der Waals surface area contributed by atoms with Crippen LogP contribution in [0.3, 0.4) is 0 Å². The number of alkyl carbamates (subject to hydrolysis) is 1. The van der Waals surface area contributed by atoms with Crippen molar-refractivity contribution in [3.05, 3.63) is 54.1 Å². The Kier molecular flexibility index (Phi) is 11.6. The second-order valence-electron chi connectivity index (χ2n) is 14.6. The van der Waals surface area contributed by atoms with Crippen LogP contribution in [0.25, 0.3) is 0 Å². The second-order valence-corrected chi connectivity index (χ2v) is 16.5. The molecule has 280 valence electrons. The molecule has 2 N–H and O–H groups in total. The quantitative estimate of drug-likeness (QED) is 0.229. The molecular weight excluding hydrogens is 682 g/mol. The van der Waals surface area contributed by atoms with E-state index < -0.39 is 58.6 Å². The number of amides is 2. The predicted octanol–water partition coefficient (Wildman–Crippen LogP) is 2.87. The molecule has 2 aromatic carbocycles. The number of nitrogens with zero attached hydrogens (tertiary/aromatic N) is 2. The Hall–Kier alpha value is -3.63. The first-order valence-electron chi connectivity index (χ1n) is 17.7. The molecule has 4 aliphatic rings. The van der Waals surface area contributed by atoms with Crippen LogP contribution in [0.15, 0.2) is 53.4 Å². The molecule has 0 unspecified atom stereocenters. The molecule has 0 radical (unpaired) electrons. The molecule has 3 heterocycles. The summed E-state index contributed by atoms with van der Waals surface area (Å²) >= 11 is 0. The highest BCUT2D eigenvalue weighted by Gasteiger charge is 2.47. The molecule has 2 amide bonds. The zero-order chi connectivity index (χ0) is 36.2. The first kappa shape index (κ1) is 37.1. The Balaban J connectivity index is 1.24. The molecule has 1 saturated carbocycles.